The second-order valence-corrected chi connectivity index (χ2v) is 15.4. The fourth-order valence-corrected chi connectivity index (χ4v) is 9.74. The highest BCUT2D eigenvalue weighted by Gasteiger charge is 2.27. The zero-order chi connectivity index (χ0) is 33.0. The summed E-state index contributed by atoms with van der Waals surface area (Å²) in [5, 5.41) is 2.07. The van der Waals surface area contributed by atoms with Gasteiger partial charge in [-0.05, 0) is 101 Å². The van der Waals surface area contributed by atoms with Crippen LogP contribution in [0, 0.1) is 0 Å². The van der Waals surface area contributed by atoms with Crippen molar-refractivity contribution < 1.29 is 0 Å². The van der Waals surface area contributed by atoms with Gasteiger partial charge >= 0.3 is 0 Å². The topological polar surface area (TPSA) is 29.0 Å². The molecule has 0 unspecified atom stereocenters. The quantitative estimate of drug-likeness (QED) is 0.179. The van der Waals surface area contributed by atoms with E-state index >= 15 is 0 Å². The molecule has 0 radical (unpaired) electrons. The molecule has 7 aromatic carbocycles. The average Bonchev–Trinajstić information content (AvgIpc) is 3.82. The van der Waals surface area contributed by atoms with Gasteiger partial charge in [0.15, 0.2) is 0 Å². The van der Waals surface area contributed by atoms with Crippen LogP contribution in [0.15, 0.2) is 174 Å². The van der Waals surface area contributed by atoms with E-state index in [2.05, 4.69) is 169 Å². The molecule has 3 heterocycles. The van der Waals surface area contributed by atoms with Crippen LogP contribution in [0.4, 0.5) is 17.1 Å². The number of hydrogen-bond donors (Lipinski definition) is 0. The molecule has 6 heteroatoms. The first-order valence-electron chi connectivity index (χ1n) is 16.5. The average molecular weight is 694 g/mol. The fourth-order valence-electron chi connectivity index (χ4n) is 6.68. The largest absolute Gasteiger partial charge is 0.308 e. The molecule has 0 saturated carbocycles. The van der Waals surface area contributed by atoms with Crippen LogP contribution in [0.25, 0.3) is 63.8 Å². The number of anilines is 3. The maximum atomic E-state index is 5.01. The first-order chi connectivity index (χ1) is 24.7. The van der Waals surface area contributed by atoms with Crippen molar-refractivity contribution >= 4 is 71.9 Å². The molecule has 0 bridgehead atoms. The van der Waals surface area contributed by atoms with Crippen LogP contribution in [0.2, 0.25) is 0 Å². The number of benzene rings is 7. The van der Waals surface area contributed by atoms with E-state index in [9.17, 15) is 0 Å². The van der Waals surface area contributed by atoms with E-state index in [1.807, 2.05) is 11.8 Å². The highest BCUT2D eigenvalue weighted by atomic mass is 32.2. The van der Waals surface area contributed by atoms with Crippen LogP contribution in [0.5, 0.6) is 0 Å². The monoisotopic (exact) mass is 693 g/mol. The summed E-state index contributed by atoms with van der Waals surface area (Å²) in [6.07, 6.45) is 0. The van der Waals surface area contributed by atoms with Crippen molar-refractivity contribution in [1.29, 1.82) is 0 Å². The van der Waals surface area contributed by atoms with E-state index in [1.54, 1.807) is 22.7 Å². The molecular weight excluding hydrogens is 667 g/mol. The molecule has 0 atom stereocenters. The molecule has 0 aliphatic carbocycles. The molecule has 50 heavy (non-hydrogen) atoms. The summed E-state index contributed by atoms with van der Waals surface area (Å²) in [4.78, 5) is 14.8. The smallest absolute Gasteiger partial charge is 0.124 e. The zero-order valence-electron chi connectivity index (χ0n) is 26.7. The third-order valence-electron chi connectivity index (χ3n) is 9.09. The second kappa shape index (κ2) is 12.1. The van der Waals surface area contributed by atoms with Crippen molar-refractivity contribution in [3.63, 3.8) is 0 Å². The molecular formula is C44H27N3S3. The highest BCUT2D eigenvalue weighted by molar-refractivity contribution is 7.99. The number of nitrogens with zero attached hydrogens (tertiary/aromatic N) is 3. The molecule has 1 aliphatic rings. The van der Waals surface area contributed by atoms with Crippen molar-refractivity contribution in [2.24, 2.45) is 0 Å². The van der Waals surface area contributed by atoms with Crippen molar-refractivity contribution in [3.05, 3.63) is 164 Å². The van der Waals surface area contributed by atoms with Crippen LogP contribution in [0.3, 0.4) is 0 Å². The van der Waals surface area contributed by atoms with Crippen molar-refractivity contribution in [3.8, 4) is 43.4 Å². The summed E-state index contributed by atoms with van der Waals surface area (Å²) >= 11 is 5.31. The molecule has 1 aliphatic heterocycles. The van der Waals surface area contributed by atoms with Gasteiger partial charge in [0.1, 0.15) is 10.0 Å². The molecule has 0 fully saturated rings. The molecule has 236 valence electrons. The number of rotatable bonds is 5. The number of aromatic nitrogens is 2. The van der Waals surface area contributed by atoms with Gasteiger partial charge in [0, 0.05) is 26.6 Å². The molecule has 9 aromatic rings. The Balaban J connectivity index is 1.17. The van der Waals surface area contributed by atoms with E-state index < -0.39 is 0 Å². The Morgan fingerprint density at radius 1 is 0.380 bits per heavy atom. The van der Waals surface area contributed by atoms with Crippen molar-refractivity contribution in [2.75, 3.05) is 4.90 Å². The molecule has 0 N–H and O–H groups in total. The van der Waals surface area contributed by atoms with Gasteiger partial charge in [-0.15, -0.1) is 22.7 Å². The number of fused-ring (bicyclic) bond motifs is 4. The van der Waals surface area contributed by atoms with Crippen LogP contribution >= 0.6 is 34.4 Å². The Kier molecular flexibility index (Phi) is 7.12. The lowest BCUT2D eigenvalue weighted by atomic mass is 9.97. The van der Waals surface area contributed by atoms with Gasteiger partial charge < -0.3 is 4.90 Å². The van der Waals surface area contributed by atoms with E-state index in [1.165, 1.54) is 41.4 Å². The third kappa shape index (κ3) is 5.20. The predicted molar refractivity (Wildman–Crippen MR) is 213 cm³/mol. The Labute approximate surface area is 302 Å². The van der Waals surface area contributed by atoms with Gasteiger partial charge in [0.25, 0.3) is 0 Å². The van der Waals surface area contributed by atoms with Gasteiger partial charge in [-0.1, -0.05) is 96.7 Å². The summed E-state index contributed by atoms with van der Waals surface area (Å²) in [6.45, 7) is 0. The lowest BCUT2D eigenvalue weighted by molar-refractivity contribution is 1.17. The van der Waals surface area contributed by atoms with E-state index in [0.717, 1.165) is 49.2 Å². The lowest BCUT2D eigenvalue weighted by Crippen LogP contribution is -2.15. The molecule has 0 saturated heterocycles. The lowest BCUT2D eigenvalue weighted by Gasteiger charge is -2.34. The van der Waals surface area contributed by atoms with Crippen molar-refractivity contribution in [2.45, 2.75) is 9.79 Å². The van der Waals surface area contributed by atoms with Gasteiger partial charge in [-0.2, -0.15) is 0 Å². The normalized spacial score (nSPS) is 12.3. The van der Waals surface area contributed by atoms with Crippen molar-refractivity contribution in [1.82, 2.24) is 9.97 Å². The third-order valence-corrected chi connectivity index (χ3v) is 12.4. The van der Waals surface area contributed by atoms with E-state index in [4.69, 9.17) is 9.97 Å². The maximum absolute atomic E-state index is 5.01. The zero-order valence-corrected chi connectivity index (χ0v) is 29.1. The molecule has 3 nitrogen and oxygen atoms in total. The number of para-hydroxylation sites is 2. The van der Waals surface area contributed by atoms with Crippen LogP contribution in [0.1, 0.15) is 0 Å². The Hall–Kier alpha value is -5.53. The van der Waals surface area contributed by atoms with Crippen LogP contribution in [-0.4, -0.2) is 9.97 Å². The van der Waals surface area contributed by atoms with Crippen LogP contribution in [-0.2, 0) is 0 Å². The predicted octanol–water partition coefficient (Wildman–Crippen LogP) is 13.5. The molecule has 2 aromatic heterocycles. The van der Waals surface area contributed by atoms with Gasteiger partial charge in [-0.25, -0.2) is 9.97 Å². The van der Waals surface area contributed by atoms with Gasteiger partial charge in [0.2, 0.25) is 0 Å². The second-order valence-electron chi connectivity index (χ2n) is 12.3. The van der Waals surface area contributed by atoms with E-state index in [0.29, 0.717) is 0 Å². The summed E-state index contributed by atoms with van der Waals surface area (Å²) in [5.74, 6) is 0. The van der Waals surface area contributed by atoms with Gasteiger partial charge in [-0.3, -0.25) is 0 Å². The Morgan fingerprint density at radius 3 is 1.32 bits per heavy atom. The Bertz CT molecular complexity index is 2450. The first kappa shape index (κ1) is 29.4. The SMILES string of the molecule is c1ccc(-c2cc(-c3ccccc3)cc(N3c4ccc(-c5nc6ccccc6s5)cc4Sc4cc(-c5nc6ccccc6s5)ccc43)c2)cc1. The maximum Gasteiger partial charge on any atom is 0.124 e. The number of thiazole rings is 2. The first-order valence-corrected chi connectivity index (χ1v) is 18.9. The number of hydrogen-bond acceptors (Lipinski definition) is 6. The Morgan fingerprint density at radius 2 is 0.840 bits per heavy atom. The molecule has 0 spiro atoms. The minimum atomic E-state index is 1.03. The van der Waals surface area contributed by atoms with E-state index in [-0.39, 0.29) is 0 Å². The summed E-state index contributed by atoms with van der Waals surface area (Å²) in [7, 11) is 0. The fraction of sp³-hybridized carbons (Fsp3) is 0. The van der Waals surface area contributed by atoms with Gasteiger partial charge in [0.05, 0.1) is 31.8 Å². The summed E-state index contributed by atoms with van der Waals surface area (Å²) < 4.78 is 2.40. The molecule has 10 rings (SSSR count). The highest BCUT2D eigenvalue weighted by Crippen LogP contribution is 2.54. The standard InChI is InChI=1S/C44H27N3S3/c1-3-11-28(12-4-1)32-23-33(29-13-5-2-6-14-29)25-34(24-32)47-37-21-19-30(43-45-35-15-7-9-17-39(35)49-43)26-41(37)48-42-27-31(20-22-38(42)47)44-46-36-16-8-10-18-40(36)50-44/h1-27H. The summed E-state index contributed by atoms with van der Waals surface area (Å²) in [5.41, 5.74) is 12.5. The minimum Gasteiger partial charge on any atom is -0.308 e. The molecule has 0 amide bonds. The van der Waals surface area contributed by atoms with Crippen LogP contribution < -0.4 is 4.90 Å². The minimum absolute atomic E-state index is 1.03. The summed E-state index contributed by atoms with van der Waals surface area (Å²) in [6, 6.07) is 58.7.